The third-order valence-corrected chi connectivity index (χ3v) is 4.58. The van der Waals surface area contributed by atoms with Gasteiger partial charge >= 0.3 is 84.3 Å². The molecule has 3 N–H and O–H groups in total. The van der Waals surface area contributed by atoms with Crippen LogP contribution in [0.15, 0.2) is 42.5 Å². The topological polar surface area (TPSA) is 60.7 Å². The Balaban J connectivity index is 2.78. The summed E-state index contributed by atoms with van der Waals surface area (Å²) in [6.07, 6.45) is 0. The van der Waals surface area contributed by atoms with E-state index in [0.29, 0.717) is 5.39 Å². The third-order valence-electron chi connectivity index (χ3n) is 2.15. The van der Waals surface area contributed by atoms with Gasteiger partial charge in [-0.3, -0.25) is 0 Å². The molecular weight excluding hydrogens is 241 g/mol. The molecule has 72 valence electrons. The second-order valence-corrected chi connectivity index (χ2v) is 6.96. The van der Waals surface area contributed by atoms with Crippen LogP contribution in [0.4, 0.5) is 0 Å². The summed E-state index contributed by atoms with van der Waals surface area (Å²) in [6.45, 7) is 0. The van der Waals surface area contributed by atoms with Gasteiger partial charge in [0.05, 0.1) is 0 Å². The van der Waals surface area contributed by atoms with Gasteiger partial charge < -0.3 is 0 Å². The van der Waals surface area contributed by atoms with Gasteiger partial charge in [-0.2, -0.15) is 0 Å². The molecule has 0 aliphatic rings. The monoisotopic (exact) mass is 252 g/mol. The minimum atomic E-state index is -4.70. The van der Waals surface area contributed by atoms with Crippen LogP contribution in [-0.4, -0.2) is 26.7 Å². The summed E-state index contributed by atoms with van der Waals surface area (Å²) < 4.78 is 28.1. The predicted molar refractivity (Wildman–Crippen MR) is 56.0 cm³/mol. The number of benzene rings is 2. The van der Waals surface area contributed by atoms with Gasteiger partial charge in [0.1, 0.15) is 0 Å². The molecular formula is C10H10GeO3. The van der Waals surface area contributed by atoms with Gasteiger partial charge in [0.15, 0.2) is 0 Å². The standard InChI is InChI=1S/C10H10GeO3/c12-11(13,14)10-7-3-5-8-4-1-2-6-9(8)10/h1-7,12-14H. The molecule has 0 saturated heterocycles. The van der Waals surface area contributed by atoms with Crippen molar-refractivity contribution in [3.8, 4) is 0 Å². The Morgan fingerprint density at radius 2 is 1.43 bits per heavy atom. The molecule has 3 nitrogen and oxygen atoms in total. The Hall–Kier alpha value is -0.877. The van der Waals surface area contributed by atoms with E-state index in [2.05, 4.69) is 0 Å². The van der Waals surface area contributed by atoms with E-state index in [-0.39, 0.29) is 4.40 Å². The summed E-state index contributed by atoms with van der Waals surface area (Å²) in [4.78, 5) is 0. The van der Waals surface area contributed by atoms with Crippen LogP contribution >= 0.6 is 0 Å². The van der Waals surface area contributed by atoms with Crippen molar-refractivity contribution in [2.45, 2.75) is 0 Å². The van der Waals surface area contributed by atoms with E-state index >= 15 is 0 Å². The quantitative estimate of drug-likeness (QED) is 0.623. The fourth-order valence-electron chi connectivity index (χ4n) is 1.52. The van der Waals surface area contributed by atoms with Crippen LogP contribution in [0.5, 0.6) is 0 Å². The molecule has 0 bridgehead atoms. The van der Waals surface area contributed by atoms with Crippen molar-refractivity contribution in [1.29, 1.82) is 0 Å². The molecule has 0 aromatic heterocycles. The molecule has 0 heterocycles. The van der Waals surface area contributed by atoms with Crippen LogP contribution in [0.2, 0.25) is 0 Å². The van der Waals surface area contributed by atoms with E-state index in [0.717, 1.165) is 5.39 Å². The van der Waals surface area contributed by atoms with Crippen molar-refractivity contribution < 1.29 is 12.4 Å². The molecule has 0 fully saturated rings. The molecule has 0 aliphatic carbocycles. The van der Waals surface area contributed by atoms with E-state index in [1.165, 1.54) is 0 Å². The third kappa shape index (κ3) is 1.67. The summed E-state index contributed by atoms with van der Waals surface area (Å²) >= 11 is -4.70. The van der Waals surface area contributed by atoms with E-state index in [1.807, 2.05) is 18.2 Å². The molecule has 0 atom stereocenters. The van der Waals surface area contributed by atoms with Crippen molar-refractivity contribution in [2.75, 3.05) is 0 Å². The number of fused-ring (bicyclic) bond motifs is 1. The summed E-state index contributed by atoms with van der Waals surface area (Å²) in [5, 5.41) is 1.61. The second-order valence-electron chi connectivity index (χ2n) is 3.16. The Morgan fingerprint density at radius 1 is 0.786 bits per heavy atom. The van der Waals surface area contributed by atoms with Crippen molar-refractivity contribution in [3.05, 3.63) is 42.5 Å². The zero-order valence-electron chi connectivity index (χ0n) is 7.38. The molecule has 0 unspecified atom stereocenters. The summed E-state index contributed by atoms with van der Waals surface area (Å²) in [7, 11) is 0. The molecule has 14 heavy (non-hydrogen) atoms. The average Bonchev–Trinajstić information content (AvgIpc) is 2.15. The zero-order chi connectivity index (χ0) is 10.2. The molecule has 0 saturated carbocycles. The van der Waals surface area contributed by atoms with Gasteiger partial charge in [-0.25, -0.2) is 0 Å². The Labute approximate surface area is 84.6 Å². The molecule has 2 rings (SSSR count). The molecule has 2 aromatic rings. The normalized spacial score (nSPS) is 11.9. The first-order chi connectivity index (χ1) is 6.59. The van der Waals surface area contributed by atoms with Crippen molar-refractivity contribution in [2.24, 2.45) is 0 Å². The Kier molecular flexibility index (Phi) is 2.32. The predicted octanol–water partition coefficient (Wildman–Crippen LogP) is -0.0374. The molecule has 0 aliphatic heterocycles. The SMILES string of the molecule is [OH][Ge]([OH])([OH])[c]1cccc2ccccc12. The fraction of sp³-hybridized carbons (Fsp3) is 0. The van der Waals surface area contributed by atoms with Gasteiger partial charge in [0.25, 0.3) is 0 Å². The van der Waals surface area contributed by atoms with Crippen LogP contribution in [-0.2, 0) is 0 Å². The second kappa shape index (κ2) is 3.36. The van der Waals surface area contributed by atoms with E-state index in [1.54, 1.807) is 24.3 Å². The van der Waals surface area contributed by atoms with E-state index in [4.69, 9.17) is 0 Å². The Bertz CT molecular complexity index is 457. The van der Waals surface area contributed by atoms with Crippen LogP contribution in [0.3, 0.4) is 0 Å². The van der Waals surface area contributed by atoms with E-state index < -0.39 is 14.3 Å². The maximum absolute atomic E-state index is 9.29. The summed E-state index contributed by atoms with van der Waals surface area (Å²) in [6, 6.07) is 12.4. The fourth-order valence-corrected chi connectivity index (χ4v) is 3.42. The summed E-state index contributed by atoms with van der Waals surface area (Å²) in [5.74, 6) is 0. The number of hydrogen-bond donors (Lipinski definition) is 3. The van der Waals surface area contributed by atoms with Crippen LogP contribution < -0.4 is 4.40 Å². The molecule has 0 spiro atoms. The molecule has 0 radical (unpaired) electrons. The minimum absolute atomic E-state index is 0.281. The number of rotatable bonds is 1. The number of hydrogen-bond acceptors (Lipinski definition) is 3. The van der Waals surface area contributed by atoms with Crippen molar-refractivity contribution >= 4 is 29.4 Å². The molecule has 2 aromatic carbocycles. The maximum atomic E-state index is 9.29. The van der Waals surface area contributed by atoms with Crippen LogP contribution in [0, 0.1) is 0 Å². The van der Waals surface area contributed by atoms with Crippen molar-refractivity contribution in [1.82, 2.24) is 0 Å². The van der Waals surface area contributed by atoms with Gasteiger partial charge in [0, 0.05) is 0 Å². The van der Waals surface area contributed by atoms with Crippen molar-refractivity contribution in [3.63, 3.8) is 0 Å². The summed E-state index contributed by atoms with van der Waals surface area (Å²) in [5.41, 5.74) is 0. The van der Waals surface area contributed by atoms with Gasteiger partial charge in [-0.05, 0) is 0 Å². The Morgan fingerprint density at radius 3 is 2.14 bits per heavy atom. The average molecular weight is 251 g/mol. The first kappa shape index (κ1) is 9.67. The van der Waals surface area contributed by atoms with Crippen LogP contribution in [0.1, 0.15) is 0 Å². The molecule has 0 amide bonds. The first-order valence-electron chi connectivity index (χ1n) is 4.24. The van der Waals surface area contributed by atoms with Gasteiger partial charge in [-0.15, -0.1) is 0 Å². The zero-order valence-corrected chi connectivity index (χ0v) is 9.48. The van der Waals surface area contributed by atoms with Gasteiger partial charge in [0.2, 0.25) is 0 Å². The van der Waals surface area contributed by atoms with E-state index in [9.17, 15) is 12.4 Å². The molecule has 4 heteroatoms. The van der Waals surface area contributed by atoms with Gasteiger partial charge in [-0.1, -0.05) is 0 Å². The first-order valence-corrected chi connectivity index (χ1v) is 8.11. The van der Waals surface area contributed by atoms with Crippen LogP contribution in [0.25, 0.3) is 10.8 Å².